The number of aliphatic imine (C=N–C) groups is 1. The van der Waals surface area contributed by atoms with E-state index in [0.29, 0.717) is 19.1 Å². The number of nitrogens with zero attached hydrogens (tertiary/aromatic N) is 1. The van der Waals surface area contributed by atoms with Gasteiger partial charge in [-0.15, -0.1) is 0 Å². The van der Waals surface area contributed by atoms with Gasteiger partial charge in [0.15, 0.2) is 5.96 Å². The molecule has 29 heavy (non-hydrogen) atoms. The van der Waals surface area contributed by atoms with E-state index < -0.39 is 0 Å². The van der Waals surface area contributed by atoms with E-state index in [9.17, 15) is 4.79 Å². The van der Waals surface area contributed by atoms with Crippen molar-refractivity contribution in [2.45, 2.75) is 51.5 Å². The summed E-state index contributed by atoms with van der Waals surface area (Å²) in [7, 11) is 1.71. The molecule has 1 aromatic rings. The first-order valence-electron chi connectivity index (χ1n) is 10.3. The fourth-order valence-corrected chi connectivity index (χ4v) is 3.50. The van der Waals surface area contributed by atoms with Gasteiger partial charge in [0, 0.05) is 37.8 Å². The van der Waals surface area contributed by atoms with Gasteiger partial charge in [-0.05, 0) is 58.2 Å². The van der Waals surface area contributed by atoms with Crippen molar-refractivity contribution in [2.24, 2.45) is 4.99 Å². The number of amides is 1. The molecular formula is C22H36N4O3. The average molecular weight is 405 g/mol. The lowest BCUT2D eigenvalue weighted by Gasteiger charge is -2.38. The van der Waals surface area contributed by atoms with Crippen LogP contribution in [0.15, 0.2) is 29.3 Å². The Bertz CT molecular complexity index is 674. The van der Waals surface area contributed by atoms with Crippen molar-refractivity contribution in [2.75, 3.05) is 40.0 Å². The maximum absolute atomic E-state index is 12.1. The Morgan fingerprint density at radius 1 is 1.17 bits per heavy atom. The van der Waals surface area contributed by atoms with E-state index in [2.05, 4.69) is 33.1 Å². The highest BCUT2D eigenvalue weighted by molar-refractivity contribution is 5.86. The van der Waals surface area contributed by atoms with Crippen LogP contribution in [0.2, 0.25) is 0 Å². The van der Waals surface area contributed by atoms with Gasteiger partial charge in [-0.2, -0.15) is 0 Å². The Kier molecular flexibility index (Phi) is 8.32. The molecule has 1 fully saturated rings. The Morgan fingerprint density at radius 2 is 1.83 bits per heavy atom. The van der Waals surface area contributed by atoms with Gasteiger partial charge >= 0.3 is 0 Å². The van der Waals surface area contributed by atoms with Crippen LogP contribution in [0.25, 0.3) is 0 Å². The third-order valence-electron chi connectivity index (χ3n) is 4.98. The van der Waals surface area contributed by atoms with Crippen molar-refractivity contribution in [1.82, 2.24) is 16.0 Å². The number of hydrogen-bond acceptors (Lipinski definition) is 4. The molecule has 7 heteroatoms. The molecule has 0 spiro atoms. The average Bonchev–Trinajstić information content (AvgIpc) is 2.68. The Balaban J connectivity index is 2.01. The van der Waals surface area contributed by atoms with Crippen LogP contribution < -0.4 is 20.7 Å². The van der Waals surface area contributed by atoms with Gasteiger partial charge in [-0.3, -0.25) is 9.79 Å². The zero-order valence-electron chi connectivity index (χ0n) is 18.4. The minimum absolute atomic E-state index is 0.0473. The molecule has 3 N–H and O–H groups in total. The molecule has 0 radical (unpaired) electrons. The second kappa shape index (κ2) is 10.5. The molecule has 0 aliphatic carbocycles. The number of ether oxygens (including phenoxy) is 2. The lowest BCUT2D eigenvalue weighted by molar-refractivity contribution is -0.121. The minimum atomic E-state index is -0.254. The summed E-state index contributed by atoms with van der Waals surface area (Å²) in [6.45, 7) is 10.9. The van der Waals surface area contributed by atoms with Crippen LogP contribution in [0.3, 0.4) is 0 Å². The van der Waals surface area contributed by atoms with E-state index >= 15 is 0 Å². The maximum atomic E-state index is 12.1. The van der Waals surface area contributed by atoms with Crippen LogP contribution in [0, 0.1) is 0 Å². The lowest BCUT2D eigenvalue weighted by Crippen LogP contribution is -2.51. The van der Waals surface area contributed by atoms with Crippen LogP contribution in [-0.2, 0) is 14.9 Å². The van der Waals surface area contributed by atoms with Crippen LogP contribution in [0.4, 0.5) is 0 Å². The maximum Gasteiger partial charge on any atom is 0.239 e. The van der Waals surface area contributed by atoms with Gasteiger partial charge in [0.25, 0.3) is 0 Å². The number of carbonyl (C=O) groups is 1. The molecule has 0 unspecified atom stereocenters. The summed E-state index contributed by atoms with van der Waals surface area (Å²) in [4.78, 5) is 16.3. The summed E-state index contributed by atoms with van der Waals surface area (Å²) < 4.78 is 11.2. The molecule has 1 amide bonds. The number of nitrogens with one attached hydrogen (secondary N) is 3. The van der Waals surface area contributed by atoms with Gasteiger partial charge in [0.1, 0.15) is 5.75 Å². The Hall–Kier alpha value is -2.28. The number of benzene rings is 1. The predicted molar refractivity (Wildman–Crippen MR) is 117 cm³/mol. The Labute approximate surface area is 174 Å². The van der Waals surface area contributed by atoms with Gasteiger partial charge in [-0.1, -0.05) is 12.1 Å². The van der Waals surface area contributed by atoms with Crippen LogP contribution in [0.1, 0.15) is 46.1 Å². The van der Waals surface area contributed by atoms with Crippen molar-refractivity contribution >= 4 is 11.9 Å². The molecule has 1 aliphatic heterocycles. The first kappa shape index (κ1) is 23.0. The lowest BCUT2D eigenvalue weighted by atomic mass is 9.74. The minimum Gasteiger partial charge on any atom is -0.494 e. The fourth-order valence-electron chi connectivity index (χ4n) is 3.50. The summed E-state index contributed by atoms with van der Waals surface area (Å²) in [5, 5.41) is 9.45. The zero-order valence-corrected chi connectivity index (χ0v) is 18.4. The first-order valence-corrected chi connectivity index (χ1v) is 10.3. The van der Waals surface area contributed by atoms with Gasteiger partial charge in [0.05, 0.1) is 13.2 Å². The SMILES string of the molecule is CCOc1ccc(C2(CNC(=NC)NCC(=O)NC(C)(C)C)CCOCC2)cc1. The van der Waals surface area contributed by atoms with Crippen molar-refractivity contribution in [3.05, 3.63) is 29.8 Å². The highest BCUT2D eigenvalue weighted by atomic mass is 16.5. The van der Waals surface area contributed by atoms with E-state index in [1.807, 2.05) is 39.8 Å². The molecule has 1 aromatic carbocycles. The molecule has 1 saturated heterocycles. The third kappa shape index (κ3) is 7.24. The topological polar surface area (TPSA) is 84.0 Å². The highest BCUT2D eigenvalue weighted by Gasteiger charge is 2.34. The van der Waals surface area contributed by atoms with E-state index in [-0.39, 0.29) is 23.4 Å². The van der Waals surface area contributed by atoms with E-state index in [1.54, 1.807) is 7.05 Å². The molecule has 0 aromatic heterocycles. The zero-order chi connectivity index (χ0) is 21.3. The monoisotopic (exact) mass is 404 g/mol. The molecule has 2 rings (SSSR count). The second-order valence-electron chi connectivity index (χ2n) is 8.43. The third-order valence-corrected chi connectivity index (χ3v) is 4.98. The summed E-state index contributed by atoms with van der Waals surface area (Å²) >= 11 is 0. The standard InChI is InChI=1S/C22H36N4O3/c1-6-29-18-9-7-17(8-10-18)22(11-13-28-14-12-22)16-25-20(23-5)24-15-19(27)26-21(2,3)4/h7-10H,6,11-16H2,1-5H3,(H,26,27)(H2,23,24,25). The van der Waals surface area contributed by atoms with E-state index in [0.717, 1.165) is 31.8 Å². The molecule has 1 heterocycles. The Morgan fingerprint density at radius 3 is 2.38 bits per heavy atom. The van der Waals surface area contributed by atoms with Crippen LogP contribution in [-0.4, -0.2) is 57.4 Å². The van der Waals surface area contributed by atoms with Crippen molar-refractivity contribution in [1.29, 1.82) is 0 Å². The molecule has 0 saturated carbocycles. The molecule has 7 nitrogen and oxygen atoms in total. The fraction of sp³-hybridized carbons (Fsp3) is 0.636. The molecule has 162 valence electrons. The number of carbonyl (C=O) groups excluding carboxylic acids is 1. The smallest absolute Gasteiger partial charge is 0.239 e. The number of hydrogen-bond donors (Lipinski definition) is 3. The quantitative estimate of drug-likeness (QED) is 0.479. The number of rotatable bonds is 7. The van der Waals surface area contributed by atoms with Crippen LogP contribution >= 0.6 is 0 Å². The largest absolute Gasteiger partial charge is 0.494 e. The summed E-state index contributed by atoms with van der Waals surface area (Å²) in [6, 6.07) is 8.34. The van der Waals surface area contributed by atoms with Crippen LogP contribution in [0.5, 0.6) is 5.75 Å². The van der Waals surface area contributed by atoms with Crippen molar-refractivity contribution < 1.29 is 14.3 Å². The summed E-state index contributed by atoms with van der Waals surface area (Å²) in [5.41, 5.74) is 0.960. The van der Waals surface area contributed by atoms with Gasteiger partial charge in [-0.25, -0.2) is 0 Å². The molecule has 0 atom stereocenters. The van der Waals surface area contributed by atoms with Crippen molar-refractivity contribution in [3.8, 4) is 5.75 Å². The molecular weight excluding hydrogens is 368 g/mol. The highest BCUT2D eigenvalue weighted by Crippen LogP contribution is 2.35. The number of guanidine groups is 1. The summed E-state index contributed by atoms with van der Waals surface area (Å²) in [5.74, 6) is 1.44. The van der Waals surface area contributed by atoms with Gasteiger partial charge < -0.3 is 25.4 Å². The second-order valence-corrected chi connectivity index (χ2v) is 8.43. The molecule has 0 bridgehead atoms. The predicted octanol–water partition coefficient (Wildman–Crippen LogP) is 2.21. The van der Waals surface area contributed by atoms with E-state index in [4.69, 9.17) is 9.47 Å². The van der Waals surface area contributed by atoms with Crippen molar-refractivity contribution in [3.63, 3.8) is 0 Å². The van der Waals surface area contributed by atoms with E-state index in [1.165, 1.54) is 5.56 Å². The first-order chi connectivity index (χ1) is 13.8. The van der Waals surface area contributed by atoms with Gasteiger partial charge in [0.2, 0.25) is 5.91 Å². The normalized spacial score (nSPS) is 16.8. The molecule has 1 aliphatic rings. The summed E-state index contributed by atoms with van der Waals surface area (Å²) in [6.07, 6.45) is 1.85.